The lowest BCUT2D eigenvalue weighted by Gasteiger charge is -2.30. The van der Waals surface area contributed by atoms with Crippen molar-refractivity contribution in [2.45, 2.75) is 109 Å². The van der Waals surface area contributed by atoms with Gasteiger partial charge in [0.25, 0.3) is 0 Å². The normalized spacial score (nSPS) is 13.4. The largest absolute Gasteiger partial charge is 0.478 e. The van der Waals surface area contributed by atoms with Gasteiger partial charge in [-0.2, -0.15) is 0 Å². The molecule has 0 saturated heterocycles. The molecular weight excluding hydrogens is 586 g/mol. The van der Waals surface area contributed by atoms with E-state index in [1.807, 2.05) is 66.7 Å². The van der Waals surface area contributed by atoms with Crippen LogP contribution < -0.4 is 10.5 Å². The quantitative estimate of drug-likeness (QED) is 0.101. The van der Waals surface area contributed by atoms with Gasteiger partial charge in [0.1, 0.15) is 11.3 Å². The van der Waals surface area contributed by atoms with Crippen molar-refractivity contribution >= 4 is 28.6 Å². The molecule has 2 atom stereocenters. The molecule has 3 aromatic rings. The van der Waals surface area contributed by atoms with Gasteiger partial charge in [0, 0.05) is 12.8 Å². The number of benzene rings is 3. The minimum absolute atomic E-state index is 0.00134. The molecule has 6 nitrogen and oxygen atoms in total. The average molecular weight is 636 g/mol. The topological polar surface area (TPSA) is 107 Å². The van der Waals surface area contributed by atoms with E-state index in [1.54, 1.807) is 32.0 Å². The Morgan fingerprint density at radius 1 is 0.778 bits per heavy atom. The lowest BCUT2D eigenvalue weighted by atomic mass is 9.80. The van der Waals surface area contributed by atoms with E-state index in [-0.39, 0.29) is 11.0 Å². The Bertz CT molecular complexity index is 1320. The molecule has 244 valence electrons. The second-order valence-corrected chi connectivity index (χ2v) is 12.2. The predicted octanol–water partition coefficient (Wildman–Crippen LogP) is 8.81. The molecule has 3 rings (SSSR count). The van der Waals surface area contributed by atoms with Crippen molar-refractivity contribution in [1.82, 2.24) is 0 Å². The number of nitrogens with two attached hydrogens (primary N) is 1. The van der Waals surface area contributed by atoms with Crippen molar-refractivity contribution in [2.24, 2.45) is 5.73 Å². The third-order valence-electron chi connectivity index (χ3n) is 8.18. The second kappa shape index (κ2) is 19.8. The minimum atomic E-state index is -1.34. The van der Waals surface area contributed by atoms with Gasteiger partial charge < -0.3 is 15.6 Å². The summed E-state index contributed by atoms with van der Waals surface area (Å²) >= 11 is 5.19. The maximum atomic E-state index is 13.5. The number of carbonyl (C=O) groups excluding carboxylic acids is 2. The smallest absolute Gasteiger partial charge is 0.347 e. The number of hydrogen-bond donors (Lipinski definition) is 2. The summed E-state index contributed by atoms with van der Waals surface area (Å²) < 4.78 is 5.86. The molecule has 0 aliphatic rings. The first-order chi connectivity index (χ1) is 21.5. The fourth-order valence-electron chi connectivity index (χ4n) is 5.01. The molecule has 45 heavy (non-hydrogen) atoms. The SMILES string of the molecule is CCCCCCCCC(N)(C(=O)CCc1ccccc1)c1cccc(OC(C)(CC)C(=O)O)c1.O=C(Cl)CCc1ccccc1. The van der Waals surface area contributed by atoms with Crippen molar-refractivity contribution in [2.75, 3.05) is 0 Å². The predicted molar refractivity (Wildman–Crippen MR) is 183 cm³/mol. The van der Waals surface area contributed by atoms with Crippen LogP contribution in [-0.2, 0) is 32.8 Å². The average Bonchev–Trinajstić information content (AvgIpc) is 3.05. The second-order valence-electron chi connectivity index (χ2n) is 11.8. The standard InChI is InChI=1S/C29H41NO4.C9H9ClO/c1-4-6-7-8-9-13-21-29(30,26(31)20-19-23-15-11-10-12-16-23)24-17-14-18-25(22-24)34-28(3,5-2)27(32)33;10-9(11)7-6-8-4-2-1-3-5-8/h10-12,14-18,22H,4-9,13,19-21,30H2,1-3H3,(H,32,33);1-5H,6-7H2. The Balaban J connectivity index is 0.000000537. The Kier molecular flexibility index (Phi) is 16.6. The first-order valence-electron chi connectivity index (χ1n) is 16.2. The van der Waals surface area contributed by atoms with Gasteiger partial charge in [-0.05, 0) is 73.0 Å². The van der Waals surface area contributed by atoms with Crippen LogP contribution in [0.4, 0.5) is 0 Å². The number of ether oxygens (including phenoxy) is 1. The highest BCUT2D eigenvalue weighted by Gasteiger charge is 2.37. The van der Waals surface area contributed by atoms with Gasteiger partial charge in [-0.3, -0.25) is 9.59 Å². The molecule has 7 heteroatoms. The molecule has 3 N–H and O–H groups in total. The van der Waals surface area contributed by atoms with Gasteiger partial charge in [0.05, 0.1) is 0 Å². The van der Waals surface area contributed by atoms with Crippen LogP contribution in [0.2, 0.25) is 0 Å². The summed E-state index contributed by atoms with van der Waals surface area (Å²) in [6, 6.07) is 26.9. The molecule has 0 fully saturated rings. The summed E-state index contributed by atoms with van der Waals surface area (Å²) in [5.41, 5.74) is 7.34. The molecule has 3 aromatic carbocycles. The third kappa shape index (κ3) is 13.2. The number of carboxylic acids is 1. The number of carboxylic acid groups (broad SMARTS) is 1. The Labute approximate surface area is 274 Å². The number of aryl methyl sites for hydroxylation is 2. The highest BCUT2D eigenvalue weighted by molar-refractivity contribution is 6.63. The number of hydrogen-bond acceptors (Lipinski definition) is 5. The van der Waals surface area contributed by atoms with Gasteiger partial charge >= 0.3 is 5.97 Å². The van der Waals surface area contributed by atoms with E-state index >= 15 is 0 Å². The molecule has 0 spiro atoms. The van der Waals surface area contributed by atoms with Gasteiger partial charge in [0.15, 0.2) is 5.78 Å². The van der Waals surface area contributed by atoms with Crippen molar-refractivity contribution in [3.63, 3.8) is 0 Å². The third-order valence-corrected chi connectivity index (χ3v) is 8.37. The van der Waals surface area contributed by atoms with Gasteiger partial charge in [-0.1, -0.05) is 125 Å². The Hall–Kier alpha value is -3.48. The van der Waals surface area contributed by atoms with Gasteiger partial charge in [-0.15, -0.1) is 0 Å². The number of Topliss-reactive ketones (excluding diaryl/α,β-unsaturated/α-hetero) is 1. The van der Waals surface area contributed by atoms with Crippen molar-refractivity contribution in [1.29, 1.82) is 0 Å². The van der Waals surface area contributed by atoms with Crippen molar-refractivity contribution < 1.29 is 24.2 Å². The fourth-order valence-corrected chi connectivity index (χ4v) is 5.10. The number of halogens is 1. The highest BCUT2D eigenvalue weighted by atomic mass is 35.5. The van der Waals surface area contributed by atoms with Crippen molar-refractivity contribution in [3.05, 3.63) is 102 Å². The molecular formula is C38H50ClNO5. The minimum Gasteiger partial charge on any atom is -0.478 e. The van der Waals surface area contributed by atoms with Crippen LogP contribution in [0, 0.1) is 0 Å². The van der Waals surface area contributed by atoms with Crippen LogP contribution in [0.3, 0.4) is 0 Å². The summed E-state index contributed by atoms with van der Waals surface area (Å²) in [5, 5.41) is 9.32. The molecule has 0 saturated carbocycles. The Morgan fingerprint density at radius 3 is 1.87 bits per heavy atom. The Morgan fingerprint density at radius 2 is 1.33 bits per heavy atom. The van der Waals surface area contributed by atoms with E-state index in [0.29, 0.717) is 43.4 Å². The first-order valence-corrected chi connectivity index (χ1v) is 16.5. The highest BCUT2D eigenvalue weighted by Crippen LogP contribution is 2.32. The zero-order valence-electron chi connectivity index (χ0n) is 27.1. The van der Waals surface area contributed by atoms with Crippen LogP contribution in [0.25, 0.3) is 0 Å². The molecule has 0 bridgehead atoms. The monoisotopic (exact) mass is 635 g/mol. The van der Waals surface area contributed by atoms with Gasteiger partial charge in [0.2, 0.25) is 10.8 Å². The number of rotatable bonds is 19. The molecule has 2 unspecified atom stereocenters. The fraction of sp³-hybridized carbons (Fsp3) is 0.447. The summed E-state index contributed by atoms with van der Waals surface area (Å²) in [7, 11) is 0. The van der Waals surface area contributed by atoms with Crippen LogP contribution in [0.15, 0.2) is 84.9 Å². The van der Waals surface area contributed by atoms with Crippen molar-refractivity contribution in [3.8, 4) is 5.75 Å². The molecule has 0 aliphatic carbocycles. The summed E-state index contributed by atoms with van der Waals surface area (Å²) in [6.07, 6.45) is 9.67. The molecule has 0 aromatic heterocycles. The first kappa shape index (κ1) is 37.7. The lowest BCUT2D eigenvalue weighted by molar-refractivity contribution is -0.154. The van der Waals surface area contributed by atoms with Gasteiger partial charge in [-0.25, -0.2) is 4.79 Å². The van der Waals surface area contributed by atoms with Crippen LogP contribution >= 0.6 is 11.6 Å². The molecule has 0 amide bonds. The summed E-state index contributed by atoms with van der Waals surface area (Å²) in [4.78, 5) is 35.6. The number of unbranched alkanes of at least 4 members (excludes halogenated alkanes) is 5. The maximum Gasteiger partial charge on any atom is 0.347 e. The lowest BCUT2D eigenvalue weighted by Crippen LogP contribution is -2.45. The summed E-state index contributed by atoms with van der Waals surface area (Å²) in [5.74, 6) is -0.609. The van der Waals surface area contributed by atoms with Crippen LogP contribution in [0.5, 0.6) is 5.75 Å². The maximum absolute atomic E-state index is 13.5. The van der Waals surface area contributed by atoms with E-state index in [2.05, 4.69) is 6.92 Å². The van der Waals surface area contributed by atoms with E-state index in [4.69, 9.17) is 22.1 Å². The van der Waals surface area contributed by atoms with Crippen LogP contribution in [-0.4, -0.2) is 27.7 Å². The number of aliphatic carboxylic acids is 1. The van der Waals surface area contributed by atoms with E-state index in [1.165, 1.54) is 19.3 Å². The molecule has 0 aliphatic heterocycles. The molecule has 0 radical (unpaired) electrons. The number of ketones is 1. The zero-order valence-corrected chi connectivity index (χ0v) is 27.9. The summed E-state index contributed by atoms with van der Waals surface area (Å²) in [6.45, 7) is 5.52. The zero-order chi connectivity index (χ0) is 33.1. The van der Waals surface area contributed by atoms with E-state index < -0.39 is 17.1 Å². The number of carbonyl (C=O) groups is 3. The van der Waals surface area contributed by atoms with Crippen LogP contribution in [0.1, 0.15) is 102 Å². The van der Waals surface area contributed by atoms with E-state index in [9.17, 15) is 19.5 Å². The van der Waals surface area contributed by atoms with E-state index in [0.717, 1.165) is 36.8 Å². The molecule has 0 heterocycles.